The monoisotopic (exact) mass is 1430 g/mol. The molecule has 26 heteroatoms. The maximum atomic E-state index is 14.3. The predicted octanol–water partition coefficient (Wildman–Crippen LogP) is 19.2. The first kappa shape index (κ1) is 84.4. The van der Waals surface area contributed by atoms with Crippen molar-refractivity contribution in [3.05, 3.63) is 196 Å². The molecule has 1 unspecified atom stereocenters. The van der Waals surface area contributed by atoms with Crippen LogP contribution in [-0.2, 0) is 100 Å². The Morgan fingerprint density at radius 3 is 0.980 bits per heavy atom. The van der Waals surface area contributed by atoms with Gasteiger partial charge in [0.25, 0.3) is 0 Å². The van der Waals surface area contributed by atoms with E-state index >= 15 is 0 Å². The minimum Gasteiger partial charge on any atom is -0.497 e. The van der Waals surface area contributed by atoms with Gasteiger partial charge in [-0.25, -0.2) is 8.78 Å². The molecule has 6 rings (SSSR count). The van der Waals surface area contributed by atoms with E-state index in [-0.39, 0.29) is 136 Å². The number of hydrogen-bond donors (Lipinski definition) is 0. The lowest BCUT2D eigenvalue weighted by molar-refractivity contribution is -0.330. The molecule has 100 heavy (non-hydrogen) atoms. The normalized spacial score (nSPS) is 12.4. The largest absolute Gasteiger partial charge is 0.522 e. The summed E-state index contributed by atoms with van der Waals surface area (Å²) in [6, 6.07) is 29.3. The van der Waals surface area contributed by atoms with Crippen LogP contribution in [0.25, 0.3) is 0 Å². The summed E-state index contributed by atoms with van der Waals surface area (Å²) < 4.78 is 222. The predicted molar refractivity (Wildman–Crippen MR) is 354 cm³/mol. The third-order valence-electron chi connectivity index (χ3n) is 15.6. The van der Waals surface area contributed by atoms with Crippen LogP contribution in [0.2, 0.25) is 0 Å². The van der Waals surface area contributed by atoms with Crippen LogP contribution in [0.3, 0.4) is 0 Å². The molecule has 0 heterocycles. The van der Waals surface area contributed by atoms with E-state index in [1.807, 2.05) is 36.4 Å². The molecule has 0 bridgehead atoms. The minimum atomic E-state index is -4.98. The number of rotatable bonds is 40. The molecular weight excluding hydrogens is 1340 g/mol. The second kappa shape index (κ2) is 41.0. The van der Waals surface area contributed by atoms with E-state index in [1.165, 1.54) is 64.0 Å². The number of ether oxygens (including phenoxy) is 15. The van der Waals surface area contributed by atoms with Gasteiger partial charge in [0.1, 0.15) is 118 Å². The molecular formula is C74H91F11O15. The van der Waals surface area contributed by atoms with E-state index in [0.29, 0.717) is 40.5 Å². The highest BCUT2D eigenvalue weighted by molar-refractivity contribution is 5.48. The maximum Gasteiger partial charge on any atom is 0.522 e. The molecule has 0 spiro atoms. The Kier molecular flexibility index (Phi) is 34.6. The van der Waals surface area contributed by atoms with Crippen molar-refractivity contribution in [2.45, 2.75) is 150 Å². The number of hydrogen-bond acceptors (Lipinski definition) is 15. The summed E-state index contributed by atoms with van der Waals surface area (Å²) in [5, 5.41) is 0. The molecule has 1 atom stereocenters. The van der Waals surface area contributed by atoms with Gasteiger partial charge in [-0.15, -0.1) is 26.3 Å². The van der Waals surface area contributed by atoms with Crippen molar-refractivity contribution in [1.82, 2.24) is 0 Å². The molecule has 0 saturated heterocycles. The molecule has 6 aromatic carbocycles. The van der Waals surface area contributed by atoms with Gasteiger partial charge in [-0.2, -0.15) is 13.2 Å². The van der Waals surface area contributed by atoms with E-state index in [2.05, 4.69) is 76.3 Å². The van der Waals surface area contributed by atoms with Crippen molar-refractivity contribution in [3.63, 3.8) is 0 Å². The quantitative estimate of drug-likeness (QED) is 0.0156. The maximum absolute atomic E-state index is 14.3. The summed E-state index contributed by atoms with van der Waals surface area (Å²) in [4.78, 5) is 0. The fraction of sp³-hybridized carbons (Fsp3) is 0.459. The fourth-order valence-corrected chi connectivity index (χ4v) is 9.18. The zero-order chi connectivity index (χ0) is 74.2. The second-order valence-electron chi connectivity index (χ2n) is 23.6. The average molecular weight is 1430 g/mol. The van der Waals surface area contributed by atoms with Gasteiger partial charge in [0.05, 0.1) is 51.6 Å². The molecule has 0 aliphatic carbocycles. The first-order valence-corrected chi connectivity index (χ1v) is 31.8. The molecule has 0 aromatic heterocycles. The summed E-state index contributed by atoms with van der Waals surface area (Å²) in [6.07, 6.45) is -9.52. The SMILES string of the molecule is C=COCc1cc(F)cc(COC=C)c1OCCOc1ccc(C(C)(C)CC)cc1.CCC(C)(C)c1ccc(OCCOc2c(COCOC)cc(C(F)(F)F)cc2COCOC)cc1.CCC(C)(F)c1ccc(OCCOc2c(COC(F)(F)F)cc(OC)cc2COC(F)(F)F)cc1. The summed E-state index contributed by atoms with van der Waals surface area (Å²) in [5.74, 6) is 1.93. The van der Waals surface area contributed by atoms with Crippen molar-refractivity contribution in [3.8, 4) is 40.2 Å². The van der Waals surface area contributed by atoms with Crippen LogP contribution in [0.15, 0.2) is 135 Å². The van der Waals surface area contributed by atoms with Crippen LogP contribution in [0.5, 0.6) is 40.2 Å². The highest BCUT2D eigenvalue weighted by Gasteiger charge is 2.34. The zero-order valence-electron chi connectivity index (χ0n) is 58.3. The van der Waals surface area contributed by atoms with Crippen LogP contribution in [-0.4, -0.2) is 87.3 Å². The van der Waals surface area contributed by atoms with Crippen LogP contribution in [0.4, 0.5) is 48.3 Å². The molecule has 0 aliphatic heterocycles. The van der Waals surface area contributed by atoms with Gasteiger partial charge >= 0.3 is 18.9 Å². The number of alkyl halides is 10. The molecule has 0 aliphatic rings. The first-order chi connectivity index (χ1) is 47.3. The highest BCUT2D eigenvalue weighted by atomic mass is 19.4. The number of benzene rings is 6. The Morgan fingerprint density at radius 1 is 0.370 bits per heavy atom. The smallest absolute Gasteiger partial charge is 0.497 e. The minimum absolute atomic E-state index is 0.0119. The molecule has 0 amide bonds. The molecule has 0 saturated carbocycles. The lowest BCUT2D eigenvalue weighted by Gasteiger charge is -2.23. The Labute approximate surface area is 578 Å². The summed E-state index contributed by atoms with van der Waals surface area (Å²) >= 11 is 0. The van der Waals surface area contributed by atoms with E-state index < -0.39 is 43.3 Å². The van der Waals surface area contributed by atoms with Crippen molar-refractivity contribution in [2.24, 2.45) is 0 Å². The molecule has 554 valence electrons. The van der Waals surface area contributed by atoms with Crippen LogP contribution in [0, 0.1) is 5.82 Å². The van der Waals surface area contributed by atoms with Crippen LogP contribution in [0.1, 0.15) is 130 Å². The molecule has 0 N–H and O–H groups in total. The Morgan fingerprint density at radius 2 is 0.690 bits per heavy atom. The van der Waals surface area contributed by atoms with Gasteiger partial charge in [-0.1, -0.05) is 98.0 Å². The fourth-order valence-electron chi connectivity index (χ4n) is 9.18. The van der Waals surface area contributed by atoms with E-state index in [1.54, 1.807) is 31.2 Å². The first-order valence-electron chi connectivity index (χ1n) is 31.8. The third kappa shape index (κ3) is 29.3. The van der Waals surface area contributed by atoms with Gasteiger partial charge < -0.3 is 61.6 Å². The van der Waals surface area contributed by atoms with Gasteiger partial charge in [-0.05, 0) is 127 Å². The highest BCUT2D eigenvalue weighted by Crippen LogP contribution is 2.39. The Bertz CT molecular complexity index is 3270. The standard InChI is InChI=1S/C26H35F3O6.C25H31FO4.C23H25F7O5/c1-6-25(2,3)21-7-9-23(10-8-21)34-11-12-35-24-19(15-32-17-30-4)13-22(26(27,28)29)14-20(24)16-33-18-31-5;1-6-25(4,5)21-9-11-23(12-10-21)29-13-14-30-24-19(17-27-7-2)15-22(26)16-20(24)18-28-8-3;1-4-21(2,24)17-5-7-18(8-6-17)32-9-10-33-20-15(13-34-22(25,26)27)11-19(31-3)12-16(20)14-35-23(28,29)30/h7-10,13-14H,6,11-12,15-18H2,1-5H3;7-12,15-16H,2-3,6,13-14,17-18H2,1,4-5H3;5-8,11-12H,4,9-10,13-14H2,1-3H3. The van der Waals surface area contributed by atoms with Gasteiger partial charge in [0, 0.05) is 47.6 Å². The van der Waals surface area contributed by atoms with Gasteiger partial charge in [0.15, 0.2) is 0 Å². The summed E-state index contributed by atoms with van der Waals surface area (Å²) in [7, 11) is 4.06. The Balaban J connectivity index is 0.000000319. The van der Waals surface area contributed by atoms with Crippen molar-refractivity contribution in [2.75, 3.05) is 74.6 Å². The Hall–Kier alpha value is -8.01. The lowest BCUT2D eigenvalue weighted by atomic mass is 9.82. The van der Waals surface area contributed by atoms with Crippen molar-refractivity contribution >= 4 is 0 Å². The van der Waals surface area contributed by atoms with Crippen molar-refractivity contribution < 1.29 is 119 Å². The summed E-state index contributed by atoms with van der Waals surface area (Å²) in [5.41, 5.74) is 2.07. The lowest BCUT2D eigenvalue weighted by Crippen LogP contribution is -2.17. The number of halogens is 11. The van der Waals surface area contributed by atoms with E-state index in [0.717, 1.165) is 42.9 Å². The van der Waals surface area contributed by atoms with Crippen LogP contribution < -0.4 is 33.2 Å². The number of methoxy groups -OCH3 is 3. The molecule has 0 fully saturated rings. The van der Waals surface area contributed by atoms with Crippen LogP contribution >= 0.6 is 0 Å². The molecule has 15 nitrogen and oxygen atoms in total. The topological polar surface area (TPSA) is 138 Å². The third-order valence-corrected chi connectivity index (χ3v) is 15.6. The van der Waals surface area contributed by atoms with Crippen molar-refractivity contribution in [1.29, 1.82) is 0 Å². The van der Waals surface area contributed by atoms with Gasteiger partial charge in [-0.3, -0.25) is 9.47 Å². The summed E-state index contributed by atoms with van der Waals surface area (Å²) in [6.45, 7) is 21.8. The van der Waals surface area contributed by atoms with E-state index in [9.17, 15) is 48.3 Å². The van der Waals surface area contributed by atoms with Gasteiger partial charge in [0.2, 0.25) is 0 Å². The molecule has 0 radical (unpaired) electrons. The second-order valence-corrected chi connectivity index (χ2v) is 23.6. The zero-order valence-corrected chi connectivity index (χ0v) is 58.3. The molecule has 6 aromatic rings. The van der Waals surface area contributed by atoms with E-state index in [4.69, 9.17) is 61.6 Å². The average Bonchev–Trinajstić information content (AvgIpc) is 0.809.